The van der Waals surface area contributed by atoms with Crippen molar-refractivity contribution < 1.29 is 4.74 Å². The minimum absolute atomic E-state index is 0.409. The summed E-state index contributed by atoms with van der Waals surface area (Å²) in [6, 6.07) is 0. The lowest BCUT2D eigenvalue weighted by atomic mass is 9.56. The maximum absolute atomic E-state index is 6.51. The van der Waals surface area contributed by atoms with Crippen LogP contribution in [0.5, 0.6) is 0 Å². The van der Waals surface area contributed by atoms with Gasteiger partial charge < -0.3 is 4.74 Å². The third kappa shape index (κ3) is 0.979. The minimum Gasteiger partial charge on any atom is -0.377 e. The zero-order valence-corrected chi connectivity index (χ0v) is 8.72. The SMILES string of the molecule is Cl[C@@H]1[C@@H]2CCCO[C@@H]2C12CCCC2. The summed E-state index contributed by atoms with van der Waals surface area (Å²) in [5.41, 5.74) is 0.409. The van der Waals surface area contributed by atoms with Gasteiger partial charge in [0.15, 0.2) is 0 Å². The molecule has 3 fully saturated rings. The van der Waals surface area contributed by atoms with Crippen LogP contribution >= 0.6 is 11.6 Å². The molecule has 0 aromatic carbocycles. The van der Waals surface area contributed by atoms with E-state index in [1.165, 1.54) is 38.5 Å². The number of hydrogen-bond donors (Lipinski definition) is 0. The second-order valence-electron chi connectivity index (χ2n) is 4.94. The Morgan fingerprint density at radius 1 is 1.15 bits per heavy atom. The summed E-state index contributed by atoms with van der Waals surface area (Å²) in [5.74, 6) is 0.688. The predicted octanol–water partition coefficient (Wildman–Crippen LogP) is 2.96. The van der Waals surface area contributed by atoms with Gasteiger partial charge in [0.05, 0.1) is 6.10 Å². The van der Waals surface area contributed by atoms with Gasteiger partial charge in [-0.1, -0.05) is 12.8 Å². The van der Waals surface area contributed by atoms with Gasteiger partial charge >= 0.3 is 0 Å². The molecule has 0 bridgehead atoms. The molecule has 2 saturated carbocycles. The van der Waals surface area contributed by atoms with Crippen molar-refractivity contribution in [1.82, 2.24) is 0 Å². The Morgan fingerprint density at radius 2 is 1.92 bits per heavy atom. The lowest BCUT2D eigenvalue weighted by Crippen LogP contribution is -2.63. The molecule has 74 valence electrons. The molecule has 0 N–H and O–H groups in total. The van der Waals surface area contributed by atoms with Crippen LogP contribution in [0.2, 0.25) is 0 Å². The molecular formula is C11H17ClO. The third-order valence-electron chi connectivity index (χ3n) is 4.39. The molecule has 0 amide bonds. The van der Waals surface area contributed by atoms with E-state index in [2.05, 4.69) is 0 Å². The quantitative estimate of drug-likeness (QED) is 0.547. The Balaban J connectivity index is 1.82. The van der Waals surface area contributed by atoms with E-state index in [0.29, 0.717) is 22.8 Å². The number of rotatable bonds is 0. The van der Waals surface area contributed by atoms with Crippen LogP contribution in [0, 0.1) is 11.3 Å². The highest BCUT2D eigenvalue weighted by molar-refractivity contribution is 6.22. The summed E-state index contributed by atoms with van der Waals surface area (Å²) in [5, 5.41) is 0.431. The van der Waals surface area contributed by atoms with Crippen molar-refractivity contribution in [3.63, 3.8) is 0 Å². The maximum atomic E-state index is 6.51. The first-order valence-electron chi connectivity index (χ1n) is 5.60. The smallest absolute Gasteiger partial charge is 0.0687 e. The molecule has 13 heavy (non-hydrogen) atoms. The first-order chi connectivity index (χ1) is 6.34. The van der Waals surface area contributed by atoms with Crippen LogP contribution in [0.4, 0.5) is 0 Å². The van der Waals surface area contributed by atoms with E-state index in [-0.39, 0.29) is 0 Å². The van der Waals surface area contributed by atoms with E-state index in [1.807, 2.05) is 0 Å². The van der Waals surface area contributed by atoms with Crippen LogP contribution in [0.3, 0.4) is 0 Å². The highest BCUT2D eigenvalue weighted by Gasteiger charge is 2.62. The van der Waals surface area contributed by atoms with Crippen LogP contribution in [-0.4, -0.2) is 18.1 Å². The molecule has 0 aromatic heterocycles. The molecule has 0 unspecified atom stereocenters. The predicted molar refractivity (Wildman–Crippen MR) is 53.0 cm³/mol. The van der Waals surface area contributed by atoms with Crippen LogP contribution in [0.15, 0.2) is 0 Å². The summed E-state index contributed by atoms with van der Waals surface area (Å²) < 4.78 is 5.90. The van der Waals surface area contributed by atoms with E-state index >= 15 is 0 Å². The topological polar surface area (TPSA) is 9.23 Å². The number of hydrogen-bond acceptors (Lipinski definition) is 1. The highest BCUT2D eigenvalue weighted by Crippen LogP contribution is 2.62. The van der Waals surface area contributed by atoms with Gasteiger partial charge in [-0.25, -0.2) is 0 Å². The minimum atomic E-state index is 0.409. The second-order valence-corrected chi connectivity index (χ2v) is 5.41. The standard InChI is InChI=1S/C11H17ClO/c12-9-8-4-3-7-13-10(8)11(9)5-1-2-6-11/h8-10H,1-7H2/t8-,9+,10-/m0/s1. The van der Waals surface area contributed by atoms with E-state index in [4.69, 9.17) is 16.3 Å². The van der Waals surface area contributed by atoms with Crippen LogP contribution in [-0.2, 0) is 4.74 Å². The average Bonchev–Trinajstić information content (AvgIpc) is 2.68. The molecule has 0 radical (unpaired) electrons. The van der Waals surface area contributed by atoms with Crippen LogP contribution in [0.1, 0.15) is 38.5 Å². The van der Waals surface area contributed by atoms with Crippen molar-refractivity contribution in [2.45, 2.75) is 50.0 Å². The largest absolute Gasteiger partial charge is 0.377 e. The lowest BCUT2D eigenvalue weighted by molar-refractivity contribution is -0.176. The number of alkyl halides is 1. The molecule has 1 heterocycles. The molecule has 0 aromatic rings. The second kappa shape index (κ2) is 2.87. The van der Waals surface area contributed by atoms with Gasteiger partial charge in [-0.2, -0.15) is 0 Å². The first kappa shape index (κ1) is 8.55. The van der Waals surface area contributed by atoms with Gasteiger partial charge in [0, 0.05) is 23.3 Å². The fraction of sp³-hybridized carbons (Fsp3) is 1.00. The van der Waals surface area contributed by atoms with Gasteiger partial charge in [-0.3, -0.25) is 0 Å². The summed E-state index contributed by atoms with van der Waals surface area (Å²) >= 11 is 6.51. The van der Waals surface area contributed by atoms with Crippen molar-refractivity contribution in [3.8, 4) is 0 Å². The molecule has 2 aliphatic carbocycles. The molecule has 1 nitrogen and oxygen atoms in total. The first-order valence-corrected chi connectivity index (χ1v) is 6.04. The molecule has 1 saturated heterocycles. The summed E-state index contributed by atoms with van der Waals surface area (Å²) in [7, 11) is 0. The van der Waals surface area contributed by atoms with E-state index < -0.39 is 0 Å². The zero-order valence-electron chi connectivity index (χ0n) is 7.97. The Kier molecular flexibility index (Phi) is 1.89. The van der Waals surface area contributed by atoms with Crippen LogP contribution in [0.25, 0.3) is 0 Å². The van der Waals surface area contributed by atoms with Gasteiger partial charge in [-0.15, -0.1) is 11.6 Å². The number of fused-ring (bicyclic) bond motifs is 2. The number of halogens is 1. The normalized spacial score (nSPS) is 47.3. The maximum Gasteiger partial charge on any atom is 0.0687 e. The van der Waals surface area contributed by atoms with Gasteiger partial charge in [0.2, 0.25) is 0 Å². The molecule has 3 rings (SSSR count). The highest BCUT2D eigenvalue weighted by atomic mass is 35.5. The fourth-order valence-electron chi connectivity index (χ4n) is 3.75. The summed E-state index contributed by atoms with van der Waals surface area (Å²) in [4.78, 5) is 0. The van der Waals surface area contributed by atoms with Gasteiger partial charge in [0.25, 0.3) is 0 Å². The lowest BCUT2D eigenvalue weighted by Gasteiger charge is -2.59. The van der Waals surface area contributed by atoms with E-state index in [0.717, 1.165) is 6.61 Å². The van der Waals surface area contributed by atoms with Crippen LogP contribution < -0.4 is 0 Å². The van der Waals surface area contributed by atoms with E-state index in [9.17, 15) is 0 Å². The Hall–Kier alpha value is 0.250. The van der Waals surface area contributed by atoms with Crippen molar-refractivity contribution in [1.29, 1.82) is 0 Å². The van der Waals surface area contributed by atoms with Gasteiger partial charge in [0.1, 0.15) is 0 Å². The third-order valence-corrected chi connectivity index (χ3v) is 5.15. The molecule has 1 spiro atoms. The average molecular weight is 201 g/mol. The Labute approximate surface area is 84.8 Å². The zero-order chi connectivity index (χ0) is 8.89. The molecule has 3 aliphatic rings. The fourth-order valence-corrected chi connectivity index (χ4v) is 4.36. The van der Waals surface area contributed by atoms with Crippen molar-refractivity contribution >= 4 is 11.6 Å². The molecule has 3 atom stereocenters. The summed E-state index contributed by atoms with van der Waals surface area (Å²) in [6.45, 7) is 0.979. The summed E-state index contributed by atoms with van der Waals surface area (Å²) in [6.07, 6.45) is 8.45. The molecule has 2 heteroatoms. The van der Waals surface area contributed by atoms with Crippen molar-refractivity contribution in [3.05, 3.63) is 0 Å². The van der Waals surface area contributed by atoms with E-state index in [1.54, 1.807) is 0 Å². The molecule has 1 aliphatic heterocycles. The van der Waals surface area contributed by atoms with Crippen molar-refractivity contribution in [2.75, 3.05) is 6.61 Å². The van der Waals surface area contributed by atoms with Crippen molar-refractivity contribution in [2.24, 2.45) is 11.3 Å². The Bertz CT molecular complexity index is 210. The van der Waals surface area contributed by atoms with Gasteiger partial charge in [-0.05, 0) is 25.7 Å². The molecular weight excluding hydrogens is 184 g/mol. The Morgan fingerprint density at radius 3 is 2.69 bits per heavy atom. The monoisotopic (exact) mass is 200 g/mol. The number of ether oxygens (including phenoxy) is 1.